The highest BCUT2D eigenvalue weighted by molar-refractivity contribution is 5.92. The van der Waals surface area contributed by atoms with Crippen LogP contribution < -0.4 is 19.1 Å². The fourth-order valence-electron chi connectivity index (χ4n) is 3.99. The normalized spacial score (nSPS) is 15.0. The second-order valence-electron chi connectivity index (χ2n) is 7.28. The maximum absolute atomic E-state index is 12.4. The van der Waals surface area contributed by atoms with E-state index in [0.29, 0.717) is 0 Å². The molecule has 1 aliphatic rings. The zero-order valence-electron chi connectivity index (χ0n) is 17.7. The van der Waals surface area contributed by atoms with Gasteiger partial charge in [-0.05, 0) is 43.2 Å². The lowest BCUT2D eigenvalue weighted by Crippen LogP contribution is -2.46. The van der Waals surface area contributed by atoms with Crippen molar-refractivity contribution in [3.05, 3.63) is 48.0 Å². The van der Waals surface area contributed by atoms with E-state index in [-0.39, 0.29) is 11.9 Å². The van der Waals surface area contributed by atoms with Gasteiger partial charge in [-0.15, -0.1) is 0 Å². The number of hydrogen-bond donors (Lipinski definition) is 0. The van der Waals surface area contributed by atoms with Crippen LogP contribution in [-0.2, 0) is 11.3 Å². The minimum absolute atomic E-state index is 0.0613. The lowest BCUT2D eigenvalue weighted by molar-refractivity contribution is -0.117. The molecule has 0 aliphatic carbocycles. The summed E-state index contributed by atoms with van der Waals surface area (Å²) < 4.78 is 16.2. The maximum atomic E-state index is 12.4. The summed E-state index contributed by atoms with van der Waals surface area (Å²) in [6, 6.07) is 13.8. The Kier molecular flexibility index (Phi) is 6.99. The summed E-state index contributed by atoms with van der Waals surface area (Å²) in [7, 11) is 5.00. The van der Waals surface area contributed by atoms with Gasteiger partial charge in [-0.1, -0.05) is 6.07 Å². The first-order valence-corrected chi connectivity index (χ1v) is 9.92. The zero-order chi connectivity index (χ0) is 20.8. The standard InChI is InChI=1S/C23H30N2O4/c1-17(26)25(20-6-5-7-21(15-20)27-2)19-10-12-24(13-11-19)16-18-14-22(28-3)8-9-23(18)29-4/h5-9,14-15,19H,10-13,16H2,1-4H3. The van der Waals surface area contributed by atoms with Crippen molar-refractivity contribution < 1.29 is 19.0 Å². The zero-order valence-corrected chi connectivity index (χ0v) is 17.7. The summed E-state index contributed by atoms with van der Waals surface area (Å²) in [4.78, 5) is 16.7. The topological polar surface area (TPSA) is 51.2 Å². The predicted molar refractivity (Wildman–Crippen MR) is 114 cm³/mol. The number of rotatable bonds is 7. The van der Waals surface area contributed by atoms with Crippen LogP contribution in [0.2, 0.25) is 0 Å². The highest BCUT2D eigenvalue weighted by atomic mass is 16.5. The lowest BCUT2D eigenvalue weighted by Gasteiger charge is -2.38. The molecule has 0 N–H and O–H groups in total. The molecule has 3 rings (SSSR count). The molecular formula is C23H30N2O4. The molecule has 0 bridgehead atoms. The van der Waals surface area contributed by atoms with Crippen LogP contribution in [0, 0.1) is 0 Å². The van der Waals surface area contributed by atoms with Crippen molar-refractivity contribution in [2.24, 2.45) is 0 Å². The highest BCUT2D eigenvalue weighted by Gasteiger charge is 2.28. The van der Waals surface area contributed by atoms with Crippen molar-refractivity contribution in [3.8, 4) is 17.2 Å². The first-order valence-electron chi connectivity index (χ1n) is 9.92. The number of benzene rings is 2. The Morgan fingerprint density at radius 2 is 1.69 bits per heavy atom. The molecule has 0 aromatic heterocycles. The first-order chi connectivity index (χ1) is 14.0. The third-order valence-corrected chi connectivity index (χ3v) is 5.47. The van der Waals surface area contributed by atoms with Crippen molar-refractivity contribution in [1.82, 2.24) is 4.90 Å². The van der Waals surface area contributed by atoms with Gasteiger partial charge in [-0.3, -0.25) is 9.69 Å². The molecule has 0 radical (unpaired) electrons. The summed E-state index contributed by atoms with van der Waals surface area (Å²) >= 11 is 0. The van der Waals surface area contributed by atoms with Gasteiger partial charge in [0, 0.05) is 49.9 Å². The van der Waals surface area contributed by atoms with E-state index in [4.69, 9.17) is 14.2 Å². The maximum Gasteiger partial charge on any atom is 0.224 e. The Bertz CT molecular complexity index is 831. The molecule has 0 spiro atoms. The number of piperidine rings is 1. The fourth-order valence-corrected chi connectivity index (χ4v) is 3.99. The molecule has 1 fully saturated rings. The van der Waals surface area contributed by atoms with E-state index < -0.39 is 0 Å². The highest BCUT2D eigenvalue weighted by Crippen LogP contribution is 2.29. The molecule has 1 aliphatic heterocycles. The first kappa shape index (κ1) is 21.0. The SMILES string of the molecule is COc1cccc(N(C(C)=O)C2CCN(Cc3cc(OC)ccc3OC)CC2)c1. The number of likely N-dealkylation sites (tertiary alicyclic amines) is 1. The van der Waals surface area contributed by atoms with Crippen LogP contribution in [0.25, 0.3) is 0 Å². The summed E-state index contributed by atoms with van der Waals surface area (Å²) in [5, 5.41) is 0. The number of ether oxygens (including phenoxy) is 3. The molecular weight excluding hydrogens is 368 g/mol. The van der Waals surface area contributed by atoms with Gasteiger partial charge >= 0.3 is 0 Å². The summed E-state index contributed by atoms with van der Waals surface area (Å²) in [5.41, 5.74) is 2.01. The molecule has 2 aromatic rings. The molecule has 6 nitrogen and oxygen atoms in total. The Hall–Kier alpha value is -2.73. The van der Waals surface area contributed by atoms with Gasteiger partial charge in [-0.2, -0.15) is 0 Å². The van der Waals surface area contributed by atoms with Crippen LogP contribution in [0.15, 0.2) is 42.5 Å². The van der Waals surface area contributed by atoms with Crippen LogP contribution in [-0.4, -0.2) is 51.3 Å². The molecule has 156 valence electrons. The van der Waals surface area contributed by atoms with Gasteiger partial charge < -0.3 is 19.1 Å². The molecule has 6 heteroatoms. The number of methoxy groups -OCH3 is 3. The van der Waals surface area contributed by atoms with Crippen molar-refractivity contribution in [2.75, 3.05) is 39.3 Å². The van der Waals surface area contributed by atoms with Gasteiger partial charge in [-0.25, -0.2) is 0 Å². The lowest BCUT2D eigenvalue weighted by atomic mass is 10.0. The monoisotopic (exact) mass is 398 g/mol. The van der Waals surface area contributed by atoms with Crippen LogP contribution >= 0.6 is 0 Å². The Morgan fingerprint density at radius 1 is 1.00 bits per heavy atom. The van der Waals surface area contributed by atoms with Crippen LogP contribution in [0.5, 0.6) is 17.2 Å². The summed E-state index contributed by atoms with van der Waals surface area (Å²) in [6.07, 6.45) is 1.84. The minimum atomic E-state index is 0.0613. The fraction of sp³-hybridized carbons (Fsp3) is 0.435. The molecule has 1 saturated heterocycles. The van der Waals surface area contributed by atoms with Gasteiger partial charge in [0.05, 0.1) is 21.3 Å². The van der Waals surface area contributed by atoms with Gasteiger partial charge in [0.1, 0.15) is 17.2 Å². The van der Waals surface area contributed by atoms with E-state index in [1.807, 2.05) is 47.4 Å². The van der Waals surface area contributed by atoms with E-state index in [9.17, 15) is 4.79 Å². The Labute approximate surface area is 173 Å². The number of carbonyl (C=O) groups is 1. The molecule has 1 heterocycles. The van der Waals surface area contributed by atoms with Gasteiger partial charge in [0.15, 0.2) is 0 Å². The van der Waals surface area contributed by atoms with E-state index in [1.54, 1.807) is 28.3 Å². The molecule has 0 atom stereocenters. The van der Waals surface area contributed by atoms with Crippen molar-refractivity contribution in [3.63, 3.8) is 0 Å². The average Bonchev–Trinajstić information content (AvgIpc) is 2.75. The van der Waals surface area contributed by atoms with E-state index in [2.05, 4.69) is 4.90 Å². The van der Waals surface area contributed by atoms with Gasteiger partial charge in [0.25, 0.3) is 0 Å². The summed E-state index contributed by atoms with van der Waals surface area (Å²) in [6.45, 7) is 4.26. The van der Waals surface area contributed by atoms with Crippen LogP contribution in [0.3, 0.4) is 0 Å². The molecule has 1 amide bonds. The van der Waals surface area contributed by atoms with Crippen LogP contribution in [0.1, 0.15) is 25.3 Å². The minimum Gasteiger partial charge on any atom is -0.497 e. The van der Waals surface area contributed by atoms with Crippen molar-refractivity contribution >= 4 is 11.6 Å². The number of amides is 1. The quantitative estimate of drug-likeness (QED) is 0.711. The second kappa shape index (κ2) is 9.65. The third kappa shape index (κ3) is 5.01. The largest absolute Gasteiger partial charge is 0.497 e. The number of hydrogen-bond acceptors (Lipinski definition) is 5. The van der Waals surface area contributed by atoms with Crippen molar-refractivity contribution in [2.45, 2.75) is 32.4 Å². The number of anilines is 1. The predicted octanol–water partition coefficient (Wildman–Crippen LogP) is 3.73. The third-order valence-electron chi connectivity index (χ3n) is 5.47. The smallest absolute Gasteiger partial charge is 0.224 e. The average molecular weight is 399 g/mol. The summed E-state index contributed by atoms with van der Waals surface area (Å²) in [5.74, 6) is 2.52. The molecule has 29 heavy (non-hydrogen) atoms. The number of carbonyl (C=O) groups excluding carboxylic acids is 1. The molecule has 2 aromatic carbocycles. The molecule has 0 saturated carbocycles. The van der Waals surface area contributed by atoms with Gasteiger partial charge in [0.2, 0.25) is 5.91 Å². The second-order valence-corrected chi connectivity index (χ2v) is 7.28. The molecule has 0 unspecified atom stereocenters. The Balaban J connectivity index is 1.68. The number of nitrogens with zero attached hydrogens (tertiary/aromatic N) is 2. The Morgan fingerprint density at radius 3 is 2.31 bits per heavy atom. The van der Waals surface area contributed by atoms with E-state index in [1.165, 1.54) is 0 Å². The van der Waals surface area contributed by atoms with E-state index >= 15 is 0 Å². The van der Waals surface area contributed by atoms with Crippen LogP contribution in [0.4, 0.5) is 5.69 Å². The van der Waals surface area contributed by atoms with Crippen molar-refractivity contribution in [1.29, 1.82) is 0 Å². The van der Waals surface area contributed by atoms with E-state index in [0.717, 1.165) is 61.0 Å².